The fourth-order valence-electron chi connectivity index (χ4n) is 0.950. The maximum absolute atomic E-state index is 5.96. The first-order valence-electron chi connectivity index (χ1n) is 3.28. The molecule has 1 unspecified atom stereocenters. The molecule has 0 aliphatic carbocycles. The molecule has 1 atom stereocenters. The molecule has 0 aromatic heterocycles. The Balaban J connectivity index is 2.86. The molecule has 0 aromatic rings. The third-order valence-corrected chi connectivity index (χ3v) is 3.12. The van der Waals surface area contributed by atoms with Crippen LogP contribution in [-0.2, 0) is 0 Å². The van der Waals surface area contributed by atoms with Gasteiger partial charge in [-0.3, -0.25) is 0 Å². The molecule has 0 radical (unpaired) electrons. The minimum Gasteiger partial charge on any atom is -0.330 e. The highest BCUT2D eigenvalue weighted by Crippen LogP contribution is 2.33. The molecule has 0 N–H and O–H groups in total. The summed E-state index contributed by atoms with van der Waals surface area (Å²) in [7, 11) is 1.80. The normalized spacial score (nSPS) is 25.4. The molecule has 1 rings (SSSR count). The van der Waals surface area contributed by atoms with Crippen LogP contribution in [0.2, 0.25) is 0 Å². The Kier molecular flexibility index (Phi) is 2.79. The van der Waals surface area contributed by atoms with Crippen molar-refractivity contribution in [3.8, 4) is 0 Å². The second-order valence-electron chi connectivity index (χ2n) is 2.29. The van der Waals surface area contributed by atoms with E-state index in [0.717, 1.165) is 6.54 Å². The average molecular weight is 216 g/mol. The van der Waals surface area contributed by atoms with Crippen molar-refractivity contribution in [2.45, 2.75) is 12.5 Å². The predicted octanol–water partition coefficient (Wildman–Crippen LogP) is 2.38. The zero-order valence-electron chi connectivity index (χ0n) is 6.31. The van der Waals surface area contributed by atoms with Gasteiger partial charge in [-0.1, -0.05) is 34.8 Å². The van der Waals surface area contributed by atoms with Crippen LogP contribution >= 0.6 is 34.8 Å². The van der Waals surface area contributed by atoms with Crippen molar-refractivity contribution in [3.05, 3.63) is 10.3 Å². The number of rotatable bonds is 1. The van der Waals surface area contributed by atoms with Gasteiger partial charge in [0.2, 0.25) is 0 Å². The second kappa shape index (κ2) is 3.30. The monoisotopic (exact) mass is 214 g/mol. The Labute approximate surface area is 81.3 Å². The Morgan fingerprint density at radius 1 is 1.36 bits per heavy atom. The van der Waals surface area contributed by atoms with Gasteiger partial charge in [0, 0.05) is 13.6 Å². The molecule has 0 bridgehead atoms. The molecule has 0 spiro atoms. The van der Waals surface area contributed by atoms with Gasteiger partial charge in [0.15, 0.2) is 5.62 Å². The van der Waals surface area contributed by atoms with E-state index >= 15 is 0 Å². The first-order valence-corrected chi connectivity index (χ1v) is 4.47. The number of nitrogens with zero attached hydrogens (tertiary/aromatic N) is 2. The summed E-state index contributed by atoms with van der Waals surface area (Å²) in [6.45, 7) is 2.73. The minimum atomic E-state index is -0.250. The SMILES string of the molecule is CCN1C(Cl)=C(Cl)N(C)C1Cl. The van der Waals surface area contributed by atoms with Crippen molar-refractivity contribution in [2.75, 3.05) is 13.6 Å². The highest BCUT2D eigenvalue weighted by atomic mass is 35.5. The molecule has 0 amide bonds. The van der Waals surface area contributed by atoms with E-state index in [2.05, 4.69) is 0 Å². The second-order valence-corrected chi connectivity index (χ2v) is 3.40. The van der Waals surface area contributed by atoms with Gasteiger partial charge in [0.25, 0.3) is 0 Å². The fourth-order valence-corrected chi connectivity index (χ4v) is 1.93. The number of hydrogen-bond acceptors (Lipinski definition) is 2. The Morgan fingerprint density at radius 2 is 1.91 bits per heavy atom. The Morgan fingerprint density at radius 3 is 2.09 bits per heavy atom. The first kappa shape index (κ1) is 9.30. The summed E-state index contributed by atoms with van der Waals surface area (Å²) < 4.78 is 0. The lowest BCUT2D eigenvalue weighted by Gasteiger charge is -2.24. The van der Waals surface area contributed by atoms with Crippen LogP contribution in [0.1, 0.15) is 6.92 Å². The van der Waals surface area contributed by atoms with Crippen LogP contribution in [0.5, 0.6) is 0 Å². The van der Waals surface area contributed by atoms with Crippen molar-refractivity contribution in [3.63, 3.8) is 0 Å². The van der Waals surface area contributed by atoms with Crippen molar-refractivity contribution in [1.29, 1.82) is 0 Å². The largest absolute Gasteiger partial charge is 0.330 e. The quantitative estimate of drug-likeness (QED) is 0.489. The zero-order chi connectivity index (χ0) is 8.59. The molecule has 0 saturated carbocycles. The maximum Gasteiger partial charge on any atom is 0.181 e. The van der Waals surface area contributed by atoms with E-state index in [-0.39, 0.29) is 5.62 Å². The Hall–Kier alpha value is 0.210. The van der Waals surface area contributed by atoms with E-state index < -0.39 is 0 Å². The zero-order valence-corrected chi connectivity index (χ0v) is 8.58. The lowest BCUT2D eigenvalue weighted by molar-refractivity contribution is 0.258. The highest BCUT2D eigenvalue weighted by Gasteiger charge is 2.31. The molecule has 1 aliphatic rings. The van der Waals surface area contributed by atoms with E-state index in [4.69, 9.17) is 34.8 Å². The molecule has 5 heteroatoms. The summed E-state index contributed by atoms with van der Waals surface area (Å²) in [5.41, 5.74) is -0.250. The van der Waals surface area contributed by atoms with Crippen molar-refractivity contribution in [2.24, 2.45) is 0 Å². The van der Waals surface area contributed by atoms with Gasteiger partial charge >= 0.3 is 0 Å². The van der Waals surface area contributed by atoms with Crippen LogP contribution in [-0.4, -0.2) is 29.0 Å². The molecule has 64 valence electrons. The molecular formula is C6H9Cl3N2. The van der Waals surface area contributed by atoms with Crippen molar-refractivity contribution < 1.29 is 0 Å². The smallest absolute Gasteiger partial charge is 0.181 e. The maximum atomic E-state index is 5.96. The Bertz CT molecular complexity index is 192. The third-order valence-electron chi connectivity index (χ3n) is 1.65. The van der Waals surface area contributed by atoms with Crippen LogP contribution in [0.25, 0.3) is 0 Å². The lowest BCUT2D eigenvalue weighted by Crippen LogP contribution is -2.32. The molecule has 0 aromatic carbocycles. The minimum absolute atomic E-state index is 0.250. The van der Waals surface area contributed by atoms with E-state index in [9.17, 15) is 0 Å². The van der Waals surface area contributed by atoms with Crippen LogP contribution < -0.4 is 0 Å². The van der Waals surface area contributed by atoms with E-state index in [1.165, 1.54) is 0 Å². The van der Waals surface area contributed by atoms with Gasteiger partial charge in [-0.15, -0.1) is 0 Å². The van der Waals surface area contributed by atoms with Crippen LogP contribution in [0, 0.1) is 0 Å². The number of hydrogen-bond donors (Lipinski definition) is 0. The van der Waals surface area contributed by atoms with Crippen molar-refractivity contribution in [1.82, 2.24) is 9.80 Å². The van der Waals surface area contributed by atoms with Crippen LogP contribution in [0.15, 0.2) is 10.3 Å². The molecule has 11 heavy (non-hydrogen) atoms. The average Bonchev–Trinajstić information content (AvgIpc) is 2.17. The summed E-state index contributed by atoms with van der Waals surface area (Å²) in [5, 5.41) is 1.03. The summed E-state index contributed by atoms with van der Waals surface area (Å²) in [6.07, 6.45) is 0. The summed E-state index contributed by atoms with van der Waals surface area (Å²) in [6, 6.07) is 0. The summed E-state index contributed by atoms with van der Waals surface area (Å²) in [4.78, 5) is 3.53. The summed E-state index contributed by atoms with van der Waals surface area (Å²) in [5.74, 6) is 0. The van der Waals surface area contributed by atoms with Crippen LogP contribution in [0.4, 0.5) is 0 Å². The van der Waals surface area contributed by atoms with Crippen LogP contribution in [0.3, 0.4) is 0 Å². The van der Waals surface area contributed by atoms with Gasteiger partial charge < -0.3 is 9.80 Å². The topological polar surface area (TPSA) is 6.48 Å². The van der Waals surface area contributed by atoms with Gasteiger partial charge in [-0.05, 0) is 6.92 Å². The lowest BCUT2D eigenvalue weighted by atomic mass is 10.6. The van der Waals surface area contributed by atoms with Gasteiger partial charge in [0.1, 0.15) is 10.3 Å². The number of alkyl halides is 1. The number of halogens is 3. The molecular weight excluding hydrogens is 206 g/mol. The van der Waals surface area contributed by atoms with Crippen molar-refractivity contribution >= 4 is 34.8 Å². The van der Waals surface area contributed by atoms with E-state index in [1.807, 2.05) is 11.8 Å². The third kappa shape index (κ3) is 1.40. The summed E-state index contributed by atoms with van der Waals surface area (Å²) >= 11 is 17.7. The standard InChI is InChI=1S/C6H9Cl3N2/c1-3-11-5(8)4(7)10(2)6(11)9/h6H,3H2,1-2H3. The molecule has 1 heterocycles. The fraction of sp³-hybridized carbons (Fsp3) is 0.667. The van der Waals surface area contributed by atoms with Gasteiger partial charge in [0.05, 0.1) is 0 Å². The molecule has 0 saturated heterocycles. The predicted molar refractivity (Wildman–Crippen MR) is 48.5 cm³/mol. The van der Waals surface area contributed by atoms with E-state index in [0.29, 0.717) is 10.3 Å². The molecule has 0 fully saturated rings. The molecule has 2 nitrogen and oxygen atoms in total. The van der Waals surface area contributed by atoms with Gasteiger partial charge in [-0.2, -0.15) is 0 Å². The molecule has 1 aliphatic heterocycles. The van der Waals surface area contributed by atoms with E-state index in [1.54, 1.807) is 11.9 Å². The first-order chi connectivity index (χ1) is 5.09. The highest BCUT2D eigenvalue weighted by molar-refractivity contribution is 6.40. The van der Waals surface area contributed by atoms with Gasteiger partial charge in [-0.25, -0.2) is 0 Å².